The van der Waals surface area contributed by atoms with E-state index in [9.17, 15) is 22.0 Å². The average Bonchev–Trinajstić information content (AvgIpc) is 3.41. The standard InChI is InChI=1S/C20H17ClF2N4O3S2/c1-11-4-6-13(10-14(11)21)32(29,30)27-8-2-3-17(27)19-25-26-20(31-19)18(28)24-16-7-5-12(22)9-15(16)23/h4-7,9-10,17H,2-3,8H2,1H3,(H,24,28)/t17-/m1/s1. The highest BCUT2D eigenvalue weighted by molar-refractivity contribution is 7.89. The minimum atomic E-state index is -3.84. The Labute approximate surface area is 192 Å². The number of aryl methyl sites for hydroxylation is 1. The summed E-state index contributed by atoms with van der Waals surface area (Å²) in [6, 6.07) is 6.74. The summed E-state index contributed by atoms with van der Waals surface area (Å²) >= 11 is 7.03. The average molecular weight is 499 g/mol. The van der Waals surface area contributed by atoms with Gasteiger partial charge in [0.2, 0.25) is 15.0 Å². The zero-order chi connectivity index (χ0) is 23.0. The number of nitrogens with zero attached hydrogens (tertiary/aromatic N) is 3. The Balaban J connectivity index is 1.56. The third kappa shape index (κ3) is 4.38. The van der Waals surface area contributed by atoms with Crippen LogP contribution < -0.4 is 5.32 Å². The highest BCUT2D eigenvalue weighted by Crippen LogP contribution is 2.38. The topological polar surface area (TPSA) is 92.3 Å². The first-order chi connectivity index (χ1) is 15.2. The summed E-state index contributed by atoms with van der Waals surface area (Å²) in [7, 11) is -3.84. The van der Waals surface area contributed by atoms with Gasteiger partial charge in [0.15, 0.2) is 0 Å². The molecule has 0 spiro atoms. The van der Waals surface area contributed by atoms with Crippen LogP contribution in [0.25, 0.3) is 0 Å². The van der Waals surface area contributed by atoms with Gasteiger partial charge in [-0.25, -0.2) is 17.2 Å². The van der Waals surface area contributed by atoms with Crippen molar-refractivity contribution in [3.63, 3.8) is 0 Å². The van der Waals surface area contributed by atoms with Crippen molar-refractivity contribution in [2.45, 2.75) is 30.7 Å². The normalized spacial score (nSPS) is 16.9. The van der Waals surface area contributed by atoms with Gasteiger partial charge in [-0.2, -0.15) is 4.31 Å². The Morgan fingerprint density at radius 2 is 2.00 bits per heavy atom. The van der Waals surface area contributed by atoms with E-state index in [1.807, 2.05) is 0 Å². The van der Waals surface area contributed by atoms with Crippen LogP contribution in [0, 0.1) is 18.6 Å². The zero-order valence-corrected chi connectivity index (χ0v) is 19.1. The lowest BCUT2D eigenvalue weighted by Gasteiger charge is -2.22. The van der Waals surface area contributed by atoms with E-state index in [0.29, 0.717) is 35.5 Å². The van der Waals surface area contributed by atoms with Crippen molar-refractivity contribution in [1.82, 2.24) is 14.5 Å². The van der Waals surface area contributed by atoms with Crippen molar-refractivity contribution in [3.8, 4) is 0 Å². The summed E-state index contributed by atoms with van der Waals surface area (Å²) < 4.78 is 54.6. The largest absolute Gasteiger partial charge is 0.317 e. The molecule has 2 heterocycles. The first kappa shape index (κ1) is 22.7. The van der Waals surface area contributed by atoms with Gasteiger partial charge in [0.1, 0.15) is 16.6 Å². The number of aromatic nitrogens is 2. The minimum absolute atomic E-state index is 0.0636. The Morgan fingerprint density at radius 1 is 1.22 bits per heavy atom. The molecule has 7 nitrogen and oxygen atoms in total. The molecule has 0 saturated carbocycles. The molecule has 2 aromatic carbocycles. The molecule has 0 radical (unpaired) electrons. The van der Waals surface area contributed by atoms with Gasteiger partial charge in [0, 0.05) is 17.6 Å². The van der Waals surface area contributed by atoms with E-state index in [1.54, 1.807) is 13.0 Å². The molecule has 12 heteroatoms. The maximum absolute atomic E-state index is 13.8. The van der Waals surface area contributed by atoms with Gasteiger partial charge in [-0.1, -0.05) is 29.0 Å². The summed E-state index contributed by atoms with van der Waals surface area (Å²) in [6.07, 6.45) is 1.13. The molecule has 0 unspecified atom stereocenters. The van der Waals surface area contributed by atoms with Crippen molar-refractivity contribution < 1.29 is 22.0 Å². The smallest absolute Gasteiger partial charge is 0.286 e. The van der Waals surface area contributed by atoms with Gasteiger partial charge in [0.05, 0.1) is 16.6 Å². The highest BCUT2D eigenvalue weighted by Gasteiger charge is 2.38. The summed E-state index contributed by atoms with van der Waals surface area (Å²) in [4.78, 5) is 12.5. The molecular formula is C20H17ClF2N4O3S2. The fourth-order valence-corrected chi connectivity index (χ4v) is 6.26. The summed E-state index contributed by atoms with van der Waals surface area (Å²) in [5.74, 6) is -2.42. The van der Waals surface area contributed by atoms with Gasteiger partial charge in [-0.3, -0.25) is 4.79 Å². The van der Waals surface area contributed by atoms with Gasteiger partial charge >= 0.3 is 0 Å². The second kappa shape index (κ2) is 8.81. The molecule has 1 amide bonds. The SMILES string of the molecule is Cc1ccc(S(=O)(=O)N2CCC[C@@H]2c2nnc(C(=O)Nc3ccc(F)cc3F)s2)cc1Cl. The second-order valence-corrected chi connectivity index (χ2v) is 10.5. The molecule has 1 atom stereocenters. The molecule has 1 fully saturated rings. The number of hydrogen-bond donors (Lipinski definition) is 1. The Morgan fingerprint density at radius 3 is 2.72 bits per heavy atom. The van der Waals surface area contributed by atoms with Gasteiger partial charge in [-0.15, -0.1) is 10.2 Å². The van der Waals surface area contributed by atoms with Crippen LogP contribution in [0.2, 0.25) is 5.02 Å². The molecule has 0 bridgehead atoms. The maximum Gasteiger partial charge on any atom is 0.286 e. The number of hydrogen-bond acceptors (Lipinski definition) is 6. The van der Waals surface area contributed by atoms with E-state index in [0.717, 1.165) is 29.0 Å². The van der Waals surface area contributed by atoms with Crippen molar-refractivity contribution in [2.24, 2.45) is 0 Å². The third-order valence-electron chi connectivity index (χ3n) is 5.05. The number of amides is 1. The van der Waals surface area contributed by atoms with Crippen LogP contribution in [0.15, 0.2) is 41.3 Å². The number of anilines is 1. The predicted molar refractivity (Wildman–Crippen MR) is 116 cm³/mol. The number of nitrogens with one attached hydrogen (secondary N) is 1. The van der Waals surface area contributed by atoms with Gasteiger partial charge in [0.25, 0.3) is 5.91 Å². The van der Waals surface area contributed by atoms with Crippen molar-refractivity contribution in [3.05, 3.63) is 68.6 Å². The van der Waals surface area contributed by atoms with Crippen LogP contribution in [0.4, 0.5) is 14.5 Å². The first-order valence-corrected chi connectivity index (χ1v) is 12.2. The molecule has 4 rings (SSSR count). The fraction of sp³-hybridized carbons (Fsp3) is 0.250. The Kier molecular flexibility index (Phi) is 6.26. The highest BCUT2D eigenvalue weighted by atomic mass is 35.5. The number of rotatable bonds is 5. The van der Waals surface area contributed by atoms with Crippen LogP contribution in [0.3, 0.4) is 0 Å². The van der Waals surface area contributed by atoms with Crippen molar-refractivity contribution in [1.29, 1.82) is 0 Å². The first-order valence-electron chi connectivity index (χ1n) is 9.54. The maximum atomic E-state index is 13.8. The molecule has 1 aliphatic rings. The number of carbonyl (C=O) groups excluding carboxylic acids is 1. The minimum Gasteiger partial charge on any atom is -0.317 e. The van der Waals surface area contributed by atoms with Crippen LogP contribution >= 0.6 is 22.9 Å². The molecule has 1 saturated heterocycles. The number of halogens is 3. The van der Waals surface area contributed by atoms with Gasteiger partial charge in [-0.05, 0) is 49.6 Å². The molecule has 3 aromatic rings. The van der Waals surface area contributed by atoms with Crippen molar-refractivity contribution in [2.75, 3.05) is 11.9 Å². The molecule has 0 aliphatic carbocycles. The van der Waals surface area contributed by atoms with Crippen LogP contribution in [0.5, 0.6) is 0 Å². The van der Waals surface area contributed by atoms with E-state index in [4.69, 9.17) is 11.6 Å². The van der Waals surface area contributed by atoms with E-state index in [-0.39, 0.29) is 15.6 Å². The molecule has 1 N–H and O–H groups in total. The molecular weight excluding hydrogens is 482 g/mol. The van der Waals surface area contributed by atoms with E-state index >= 15 is 0 Å². The lowest BCUT2D eigenvalue weighted by molar-refractivity contribution is 0.102. The van der Waals surface area contributed by atoms with Crippen LogP contribution in [-0.4, -0.2) is 35.4 Å². The van der Waals surface area contributed by atoms with E-state index in [1.165, 1.54) is 16.4 Å². The Hall–Kier alpha value is -2.47. The zero-order valence-electron chi connectivity index (χ0n) is 16.7. The number of sulfonamides is 1. The Bertz CT molecular complexity index is 1300. The summed E-state index contributed by atoms with van der Waals surface area (Å²) in [5, 5.41) is 10.8. The number of benzene rings is 2. The lowest BCUT2D eigenvalue weighted by Crippen LogP contribution is -2.30. The summed E-state index contributed by atoms with van der Waals surface area (Å²) in [5.41, 5.74) is 0.565. The third-order valence-corrected chi connectivity index (χ3v) is 8.39. The predicted octanol–water partition coefficient (Wildman–Crippen LogP) is 4.56. The van der Waals surface area contributed by atoms with E-state index < -0.39 is 33.6 Å². The fourth-order valence-electron chi connectivity index (χ4n) is 3.37. The van der Waals surface area contributed by atoms with Crippen LogP contribution in [-0.2, 0) is 10.0 Å². The van der Waals surface area contributed by atoms with E-state index in [2.05, 4.69) is 15.5 Å². The molecule has 168 valence electrons. The van der Waals surface area contributed by atoms with Gasteiger partial charge < -0.3 is 5.32 Å². The molecule has 32 heavy (non-hydrogen) atoms. The van der Waals surface area contributed by atoms with Crippen LogP contribution in [0.1, 0.15) is 39.3 Å². The second-order valence-electron chi connectivity index (χ2n) is 7.21. The monoisotopic (exact) mass is 498 g/mol. The quantitative estimate of drug-likeness (QED) is 0.557. The molecule has 1 aliphatic heterocycles. The van der Waals surface area contributed by atoms with Crippen molar-refractivity contribution >= 4 is 44.6 Å². The summed E-state index contributed by atoms with van der Waals surface area (Å²) in [6.45, 7) is 2.07. The number of carbonyl (C=O) groups is 1. The lowest BCUT2D eigenvalue weighted by atomic mass is 10.2. The molecule has 1 aromatic heterocycles.